The van der Waals surface area contributed by atoms with Crippen LogP contribution in [0.2, 0.25) is 0 Å². The molecule has 0 spiro atoms. The molecule has 0 saturated carbocycles. The summed E-state index contributed by atoms with van der Waals surface area (Å²) in [6.45, 7) is 4.04. The second-order valence-electron chi connectivity index (χ2n) is 3.69. The molecule has 0 aliphatic heterocycles. The second kappa shape index (κ2) is 4.42. The third kappa shape index (κ3) is 7.50. The van der Waals surface area contributed by atoms with E-state index in [0.29, 0.717) is 13.0 Å². The first-order valence-electron chi connectivity index (χ1n) is 3.94. The zero-order valence-corrected chi connectivity index (χ0v) is 7.87. The Morgan fingerprint density at radius 1 is 1.50 bits per heavy atom. The normalized spacial score (nSPS) is 12.1. The Balaban J connectivity index is 3.57. The highest BCUT2D eigenvalue weighted by Crippen LogP contribution is 2.07. The monoisotopic (exact) mass is 175 g/mol. The van der Waals surface area contributed by atoms with E-state index in [1.54, 1.807) is 25.8 Å². The summed E-state index contributed by atoms with van der Waals surface area (Å²) in [6.07, 6.45) is 0.580. The average Bonchev–Trinajstić information content (AvgIpc) is 1.80. The molecule has 72 valence electrons. The van der Waals surface area contributed by atoms with Crippen LogP contribution in [0.3, 0.4) is 0 Å². The second-order valence-corrected chi connectivity index (χ2v) is 3.69. The third-order valence-electron chi connectivity index (χ3n) is 1.51. The van der Waals surface area contributed by atoms with Gasteiger partial charge >= 0.3 is 5.97 Å². The predicted molar refractivity (Wildman–Crippen MR) is 46.0 cm³/mol. The molecular formula is C8H17NO3. The highest BCUT2D eigenvalue weighted by Gasteiger charge is 2.14. The number of carboxylic acid groups (broad SMARTS) is 1. The van der Waals surface area contributed by atoms with Crippen molar-refractivity contribution in [3.05, 3.63) is 0 Å². The first-order valence-corrected chi connectivity index (χ1v) is 3.94. The molecule has 0 saturated heterocycles. The Morgan fingerprint density at radius 2 is 2.00 bits per heavy atom. The van der Waals surface area contributed by atoms with Crippen LogP contribution in [0.4, 0.5) is 0 Å². The van der Waals surface area contributed by atoms with E-state index >= 15 is 0 Å². The molecule has 0 atom stereocenters. The lowest BCUT2D eigenvalue weighted by molar-refractivity contribution is -0.138. The Morgan fingerprint density at radius 3 is 2.33 bits per heavy atom. The molecule has 0 fully saturated rings. The molecule has 0 bridgehead atoms. The van der Waals surface area contributed by atoms with Gasteiger partial charge < -0.3 is 10.2 Å². The van der Waals surface area contributed by atoms with E-state index in [-0.39, 0.29) is 6.54 Å². The molecule has 0 amide bonds. The minimum absolute atomic E-state index is 0.0239. The standard InChI is InChI=1S/C8H17NO3/c1-8(2,12)4-5-9(3)6-7(10)11/h12H,4-6H2,1-3H3,(H,10,11). The van der Waals surface area contributed by atoms with Crippen LogP contribution in [0.15, 0.2) is 0 Å². The van der Waals surface area contributed by atoms with Gasteiger partial charge in [-0.15, -0.1) is 0 Å². The number of carboxylic acids is 1. The number of aliphatic hydroxyl groups is 1. The molecule has 0 aromatic heterocycles. The lowest BCUT2D eigenvalue weighted by atomic mass is 10.1. The maximum Gasteiger partial charge on any atom is 0.317 e. The van der Waals surface area contributed by atoms with E-state index in [1.807, 2.05) is 0 Å². The number of carbonyl (C=O) groups is 1. The molecule has 0 unspecified atom stereocenters. The first-order chi connectivity index (χ1) is 5.31. The van der Waals surface area contributed by atoms with Crippen molar-refractivity contribution in [3.63, 3.8) is 0 Å². The van der Waals surface area contributed by atoms with Crippen molar-refractivity contribution in [1.29, 1.82) is 0 Å². The van der Waals surface area contributed by atoms with Gasteiger partial charge in [0.1, 0.15) is 0 Å². The SMILES string of the molecule is CN(CCC(C)(C)O)CC(=O)O. The Kier molecular flexibility index (Phi) is 4.20. The molecule has 0 radical (unpaired) electrons. The number of hydrogen-bond acceptors (Lipinski definition) is 3. The highest BCUT2D eigenvalue weighted by atomic mass is 16.4. The third-order valence-corrected chi connectivity index (χ3v) is 1.51. The highest BCUT2D eigenvalue weighted by molar-refractivity contribution is 5.68. The first kappa shape index (κ1) is 11.4. The van der Waals surface area contributed by atoms with Crippen molar-refractivity contribution in [2.45, 2.75) is 25.9 Å². The summed E-state index contributed by atoms with van der Waals surface area (Å²) in [5.41, 5.74) is -0.716. The van der Waals surface area contributed by atoms with Crippen molar-refractivity contribution in [1.82, 2.24) is 4.90 Å². The summed E-state index contributed by atoms with van der Waals surface area (Å²) in [7, 11) is 1.72. The Labute approximate surface area is 72.8 Å². The molecule has 4 heteroatoms. The number of hydrogen-bond donors (Lipinski definition) is 2. The van der Waals surface area contributed by atoms with E-state index in [4.69, 9.17) is 5.11 Å². The lowest BCUT2D eigenvalue weighted by Gasteiger charge is -2.21. The van der Waals surface area contributed by atoms with Gasteiger partial charge in [0, 0.05) is 6.54 Å². The summed E-state index contributed by atoms with van der Waals surface area (Å²) in [5.74, 6) is -0.840. The minimum Gasteiger partial charge on any atom is -0.480 e. The fraction of sp³-hybridized carbons (Fsp3) is 0.875. The molecular weight excluding hydrogens is 158 g/mol. The van der Waals surface area contributed by atoms with Gasteiger partial charge in [-0.05, 0) is 27.3 Å². The summed E-state index contributed by atoms with van der Waals surface area (Å²) >= 11 is 0. The van der Waals surface area contributed by atoms with Gasteiger partial charge in [0.05, 0.1) is 12.1 Å². The number of aliphatic carboxylic acids is 1. The van der Waals surface area contributed by atoms with E-state index < -0.39 is 11.6 Å². The quantitative estimate of drug-likeness (QED) is 0.625. The maximum atomic E-state index is 10.2. The topological polar surface area (TPSA) is 60.8 Å². The van der Waals surface area contributed by atoms with Crippen LogP contribution in [-0.2, 0) is 4.79 Å². The van der Waals surface area contributed by atoms with Crippen LogP contribution >= 0.6 is 0 Å². The molecule has 0 aliphatic rings. The van der Waals surface area contributed by atoms with Gasteiger partial charge in [-0.2, -0.15) is 0 Å². The molecule has 2 N–H and O–H groups in total. The zero-order valence-electron chi connectivity index (χ0n) is 7.87. The average molecular weight is 175 g/mol. The van der Waals surface area contributed by atoms with E-state index in [1.165, 1.54) is 0 Å². The van der Waals surface area contributed by atoms with Crippen LogP contribution in [0.5, 0.6) is 0 Å². The van der Waals surface area contributed by atoms with Crippen LogP contribution in [0.25, 0.3) is 0 Å². The van der Waals surface area contributed by atoms with E-state index in [9.17, 15) is 9.90 Å². The van der Waals surface area contributed by atoms with Gasteiger partial charge in [-0.1, -0.05) is 0 Å². The van der Waals surface area contributed by atoms with E-state index in [0.717, 1.165) is 0 Å². The molecule has 0 aliphatic carbocycles. The van der Waals surface area contributed by atoms with Crippen molar-refractivity contribution in [2.75, 3.05) is 20.1 Å². The van der Waals surface area contributed by atoms with Gasteiger partial charge in [-0.25, -0.2) is 0 Å². The number of likely N-dealkylation sites (N-methyl/N-ethyl adjacent to an activating group) is 1. The molecule has 0 aromatic rings. The number of rotatable bonds is 5. The fourth-order valence-electron chi connectivity index (χ4n) is 0.774. The van der Waals surface area contributed by atoms with Crippen molar-refractivity contribution in [2.24, 2.45) is 0 Å². The molecule has 12 heavy (non-hydrogen) atoms. The Hall–Kier alpha value is -0.610. The smallest absolute Gasteiger partial charge is 0.317 e. The van der Waals surface area contributed by atoms with Crippen molar-refractivity contribution >= 4 is 5.97 Å². The van der Waals surface area contributed by atoms with E-state index in [2.05, 4.69) is 0 Å². The summed E-state index contributed by atoms with van der Waals surface area (Å²) in [5, 5.41) is 17.7. The number of nitrogens with zero attached hydrogens (tertiary/aromatic N) is 1. The predicted octanol–water partition coefficient (Wildman–Crippen LogP) is 0.164. The summed E-state index contributed by atoms with van der Waals surface area (Å²) in [4.78, 5) is 11.9. The van der Waals surface area contributed by atoms with Gasteiger partial charge in [0.15, 0.2) is 0 Å². The van der Waals surface area contributed by atoms with Crippen molar-refractivity contribution in [3.8, 4) is 0 Å². The van der Waals surface area contributed by atoms with Crippen LogP contribution in [0, 0.1) is 0 Å². The molecule has 4 nitrogen and oxygen atoms in total. The van der Waals surface area contributed by atoms with Gasteiger partial charge in [-0.3, -0.25) is 9.69 Å². The van der Waals surface area contributed by atoms with Crippen LogP contribution in [-0.4, -0.2) is 46.8 Å². The van der Waals surface area contributed by atoms with Crippen LogP contribution in [0.1, 0.15) is 20.3 Å². The summed E-state index contributed by atoms with van der Waals surface area (Å²) in [6, 6.07) is 0. The fourth-order valence-corrected chi connectivity index (χ4v) is 0.774. The minimum atomic E-state index is -0.840. The summed E-state index contributed by atoms with van der Waals surface area (Å²) < 4.78 is 0. The lowest BCUT2D eigenvalue weighted by Crippen LogP contribution is -2.31. The van der Waals surface area contributed by atoms with Gasteiger partial charge in [0.25, 0.3) is 0 Å². The largest absolute Gasteiger partial charge is 0.480 e. The van der Waals surface area contributed by atoms with Crippen LogP contribution < -0.4 is 0 Å². The zero-order chi connectivity index (χ0) is 9.78. The van der Waals surface area contributed by atoms with Gasteiger partial charge in [0.2, 0.25) is 0 Å². The van der Waals surface area contributed by atoms with Crippen molar-refractivity contribution < 1.29 is 15.0 Å². The molecule has 0 heterocycles. The molecule has 0 rings (SSSR count). The maximum absolute atomic E-state index is 10.2. The Bertz CT molecular complexity index is 151. The molecule has 0 aromatic carbocycles.